The maximum Gasteiger partial charge on any atom is 0.264 e. The van der Waals surface area contributed by atoms with Gasteiger partial charge in [-0.2, -0.15) is 8.42 Å². The first kappa shape index (κ1) is 18.8. The van der Waals surface area contributed by atoms with Gasteiger partial charge in [0.1, 0.15) is 6.54 Å². The SMILES string of the molecule is CCOCCOCC[N+]1(CCCCS(=O)(=O)O)CCCC1. The molecule has 6 nitrogen and oxygen atoms in total. The van der Waals surface area contributed by atoms with Gasteiger partial charge >= 0.3 is 0 Å². The second-order valence-corrected chi connectivity index (χ2v) is 7.32. The molecule has 1 rings (SSSR count). The molecule has 0 amide bonds. The van der Waals surface area contributed by atoms with Crippen LogP contribution >= 0.6 is 0 Å². The number of likely N-dealkylation sites (tertiary alicyclic amines) is 1. The molecule has 1 N–H and O–H groups in total. The molecular formula is C14H30NO5S+. The van der Waals surface area contributed by atoms with Crippen LogP contribution in [0.2, 0.25) is 0 Å². The summed E-state index contributed by atoms with van der Waals surface area (Å²) in [7, 11) is -3.82. The molecule has 1 fully saturated rings. The molecule has 0 spiro atoms. The van der Waals surface area contributed by atoms with Crippen LogP contribution in [0.15, 0.2) is 0 Å². The van der Waals surface area contributed by atoms with Gasteiger partial charge in [-0.15, -0.1) is 0 Å². The lowest BCUT2D eigenvalue weighted by molar-refractivity contribution is -0.917. The minimum Gasteiger partial charge on any atom is -0.379 e. The number of ether oxygens (including phenoxy) is 2. The van der Waals surface area contributed by atoms with E-state index in [1.807, 2.05) is 6.92 Å². The third kappa shape index (κ3) is 8.73. The predicted molar refractivity (Wildman–Crippen MR) is 81.9 cm³/mol. The van der Waals surface area contributed by atoms with Crippen LogP contribution in [0.3, 0.4) is 0 Å². The monoisotopic (exact) mass is 324 g/mol. The smallest absolute Gasteiger partial charge is 0.264 e. The molecule has 0 atom stereocenters. The third-order valence-corrected chi connectivity index (χ3v) is 4.89. The van der Waals surface area contributed by atoms with Crippen LogP contribution in [-0.4, -0.2) is 75.8 Å². The van der Waals surface area contributed by atoms with Gasteiger partial charge in [0.15, 0.2) is 0 Å². The Bertz CT molecular complexity index is 366. The van der Waals surface area contributed by atoms with E-state index < -0.39 is 10.1 Å². The lowest BCUT2D eigenvalue weighted by Gasteiger charge is -2.34. The largest absolute Gasteiger partial charge is 0.379 e. The molecule has 1 aliphatic rings. The van der Waals surface area contributed by atoms with Gasteiger partial charge in [-0.05, 0) is 19.8 Å². The fourth-order valence-electron chi connectivity index (χ4n) is 2.92. The summed E-state index contributed by atoms with van der Waals surface area (Å²) < 4.78 is 42.1. The van der Waals surface area contributed by atoms with Gasteiger partial charge in [-0.3, -0.25) is 4.55 Å². The topological polar surface area (TPSA) is 72.8 Å². The van der Waals surface area contributed by atoms with Gasteiger partial charge in [0.25, 0.3) is 10.1 Å². The number of rotatable bonds is 12. The van der Waals surface area contributed by atoms with E-state index >= 15 is 0 Å². The molecule has 0 aromatic rings. The Morgan fingerprint density at radius 3 is 2.29 bits per heavy atom. The van der Waals surface area contributed by atoms with Crippen LogP contribution in [0, 0.1) is 0 Å². The van der Waals surface area contributed by atoms with E-state index in [1.165, 1.54) is 12.8 Å². The van der Waals surface area contributed by atoms with Gasteiger partial charge in [0, 0.05) is 19.4 Å². The Balaban J connectivity index is 2.20. The lowest BCUT2D eigenvalue weighted by Crippen LogP contribution is -2.48. The molecular weight excluding hydrogens is 294 g/mol. The highest BCUT2D eigenvalue weighted by Crippen LogP contribution is 2.20. The Hall–Kier alpha value is -0.210. The van der Waals surface area contributed by atoms with Crippen LogP contribution in [0.4, 0.5) is 0 Å². The van der Waals surface area contributed by atoms with Crippen LogP contribution in [0.25, 0.3) is 0 Å². The summed E-state index contributed by atoms with van der Waals surface area (Å²) in [5, 5.41) is 0. The molecule has 1 saturated heterocycles. The zero-order valence-electron chi connectivity index (χ0n) is 13.1. The standard InChI is InChI=1S/C14H29NO5S/c1-2-19-12-13-20-11-10-15(7-3-4-8-15)9-5-6-14-21(16,17)18/h2-14H2,1H3/p+1. The number of hydrogen-bond donors (Lipinski definition) is 1. The molecule has 7 heteroatoms. The molecule has 1 heterocycles. The number of hydrogen-bond acceptors (Lipinski definition) is 4. The Morgan fingerprint density at radius 1 is 1.00 bits per heavy atom. The minimum absolute atomic E-state index is 0.127. The Kier molecular flexibility index (Phi) is 8.73. The summed E-state index contributed by atoms with van der Waals surface area (Å²) in [5.41, 5.74) is 0. The lowest BCUT2D eigenvalue weighted by atomic mass is 10.2. The van der Waals surface area contributed by atoms with E-state index in [4.69, 9.17) is 14.0 Å². The molecule has 0 bridgehead atoms. The van der Waals surface area contributed by atoms with Crippen molar-refractivity contribution < 1.29 is 26.9 Å². The molecule has 21 heavy (non-hydrogen) atoms. The maximum absolute atomic E-state index is 10.7. The van der Waals surface area contributed by atoms with Crippen molar-refractivity contribution in [2.75, 3.05) is 58.4 Å². The fourth-order valence-corrected chi connectivity index (χ4v) is 3.49. The zero-order chi connectivity index (χ0) is 15.6. The Labute approximate surface area is 128 Å². The van der Waals surface area contributed by atoms with E-state index in [9.17, 15) is 8.42 Å². The highest BCUT2D eigenvalue weighted by atomic mass is 32.2. The van der Waals surface area contributed by atoms with Crippen molar-refractivity contribution in [2.24, 2.45) is 0 Å². The first-order valence-corrected chi connectivity index (χ1v) is 9.54. The summed E-state index contributed by atoms with van der Waals surface area (Å²) in [6.07, 6.45) is 3.83. The molecule has 0 aromatic heterocycles. The maximum atomic E-state index is 10.7. The molecule has 0 aromatic carbocycles. The third-order valence-electron chi connectivity index (χ3n) is 4.09. The van der Waals surface area contributed by atoms with Gasteiger partial charge in [0.05, 0.1) is 45.2 Å². The molecule has 0 saturated carbocycles. The van der Waals surface area contributed by atoms with E-state index in [0.29, 0.717) is 19.6 Å². The van der Waals surface area contributed by atoms with Crippen LogP contribution in [0.1, 0.15) is 32.6 Å². The van der Waals surface area contributed by atoms with Gasteiger partial charge in [0.2, 0.25) is 0 Å². The summed E-state index contributed by atoms with van der Waals surface area (Å²) in [6, 6.07) is 0. The van der Waals surface area contributed by atoms with E-state index in [0.717, 1.165) is 50.3 Å². The van der Waals surface area contributed by atoms with Crippen LogP contribution in [-0.2, 0) is 19.6 Å². The van der Waals surface area contributed by atoms with E-state index in [1.54, 1.807) is 0 Å². The highest BCUT2D eigenvalue weighted by molar-refractivity contribution is 7.85. The van der Waals surface area contributed by atoms with Crippen molar-refractivity contribution in [3.05, 3.63) is 0 Å². The second kappa shape index (κ2) is 9.74. The number of quaternary nitrogens is 1. The van der Waals surface area contributed by atoms with Crippen molar-refractivity contribution in [1.29, 1.82) is 0 Å². The number of unbranched alkanes of at least 4 members (excludes halogenated alkanes) is 1. The van der Waals surface area contributed by atoms with Crippen molar-refractivity contribution in [1.82, 2.24) is 0 Å². The second-order valence-electron chi connectivity index (χ2n) is 5.75. The highest BCUT2D eigenvalue weighted by Gasteiger charge is 2.31. The van der Waals surface area contributed by atoms with E-state index in [2.05, 4.69) is 0 Å². The average molecular weight is 324 g/mol. The zero-order valence-corrected chi connectivity index (χ0v) is 13.9. The van der Waals surface area contributed by atoms with Crippen molar-refractivity contribution in [3.63, 3.8) is 0 Å². The van der Waals surface area contributed by atoms with Crippen molar-refractivity contribution in [2.45, 2.75) is 32.6 Å². The van der Waals surface area contributed by atoms with Crippen LogP contribution in [0.5, 0.6) is 0 Å². The summed E-state index contributed by atoms with van der Waals surface area (Å²) >= 11 is 0. The molecule has 126 valence electrons. The quantitative estimate of drug-likeness (QED) is 0.333. The minimum atomic E-state index is -3.82. The summed E-state index contributed by atoms with van der Waals surface area (Å²) in [5.74, 6) is -0.127. The molecule has 0 aliphatic carbocycles. The summed E-state index contributed by atoms with van der Waals surface area (Å²) in [6.45, 7) is 8.96. The van der Waals surface area contributed by atoms with Crippen molar-refractivity contribution in [3.8, 4) is 0 Å². The molecule has 0 unspecified atom stereocenters. The van der Waals surface area contributed by atoms with E-state index in [-0.39, 0.29) is 5.75 Å². The van der Waals surface area contributed by atoms with Gasteiger partial charge in [-0.25, -0.2) is 0 Å². The fraction of sp³-hybridized carbons (Fsp3) is 1.00. The Morgan fingerprint density at radius 2 is 1.67 bits per heavy atom. The summed E-state index contributed by atoms with van der Waals surface area (Å²) in [4.78, 5) is 0. The number of nitrogens with zero attached hydrogens (tertiary/aromatic N) is 1. The van der Waals surface area contributed by atoms with Gasteiger partial charge in [-0.1, -0.05) is 0 Å². The molecule has 1 aliphatic heterocycles. The first-order valence-electron chi connectivity index (χ1n) is 7.93. The van der Waals surface area contributed by atoms with Gasteiger partial charge < -0.3 is 14.0 Å². The van der Waals surface area contributed by atoms with Crippen molar-refractivity contribution >= 4 is 10.1 Å². The average Bonchev–Trinajstić information content (AvgIpc) is 2.87. The molecule has 0 radical (unpaired) electrons. The first-order chi connectivity index (χ1) is 9.97. The van der Waals surface area contributed by atoms with Crippen LogP contribution < -0.4 is 0 Å². The normalized spacial score (nSPS) is 18.2. The predicted octanol–water partition coefficient (Wildman–Crippen LogP) is 1.32.